The Kier molecular flexibility index (Phi) is 7.64. The maximum absolute atomic E-state index is 8.43. The van der Waals surface area contributed by atoms with E-state index in [9.17, 15) is 0 Å². The third-order valence-corrected chi connectivity index (χ3v) is 2.83. The Morgan fingerprint density at radius 2 is 2.05 bits per heavy atom. The first kappa shape index (κ1) is 15.5. The first-order valence-corrected chi connectivity index (χ1v) is 6.61. The van der Waals surface area contributed by atoms with Crippen LogP contribution in [0, 0.1) is 11.3 Å². The molecule has 0 amide bonds. The minimum atomic E-state index is 0.0873. The van der Waals surface area contributed by atoms with Gasteiger partial charge < -0.3 is 14.8 Å². The zero-order valence-electron chi connectivity index (χ0n) is 11.7. The number of rotatable bonds is 9. The van der Waals surface area contributed by atoms with Crippen LogP contribution in [0.4, 0.5) is 0 Å². The molecule has 1 aromatic rings. The molecular weight excluding hydrogens is 240 g/mol. The Morgan fingerprint density at radius 3 is 2.63 bits per heavy atom. The summed E-state index contributed by atoms with van der Waals surface area (Å²) in [7, 11) is 1.73. The number of benzene rings is 1. The fourth-order valence-corrected chi connectivity index (χ4v) is 1.88. The van der Waals surface area contributed by atoms with Gasteiger partial charge in [0, 0.05) is 19.7 Å². The number of nitriles is 1. The molecule has 0 heterocycles. The Hall–Kier alpha value is -1.57. The van der Waals surface area contributed by atoms with Crippen molar-refractivity contribution in [3.63, 3.8) is 0 Å². The second kappa shape index (κ2) is 9.37. The highest BCUT2D eigenvalue weighted by molar-refractivity contribution is 5.27. The van der Waals surface area contributed by atoms with Crippen molar-refractivity contribution in [2.45, 2.75) is 32.4 Å². The number of nitrogens with zero attached hydrogens (tertiary/aromatic N) is 1. The molecular formula is C15H22N2O2. The summed E-state index contributed by atoms with van der Waals surface area (Å²) < 4.78 is 10.4. The summed E-state index contributed by atoms with van der Waals surface area (Å²) in [6.07, 6.45) is 2.25. The van der Waals surface area contributed by atoms with Crippen LogP contribution in [0.25, 0.3) is 0 Å². The molecule has 0 saturated heterocycles. The van der Waals surface area contributed by atoms with Crippen molar-refractivity contribution >= 4 is 0 Å². The predicted molar refractivity (Wildman–Crippen MR) is 75.0 cm³/mol. The fourth-order valence-electron chi connectivity index (χ4n) is 1.88. The Bertz CT molecular complexity index is 378. The molecule has 0 aliphatic rings. The Balaban J connectivity index is 2.41. The molecule has 0 bridgehead atoms. The summed E-state index contributed by atoms with van der Waals surface area (Å²) in [6.45, 7) is 3.80. The topological polar surface area (TPSA) is 54.3 Å². The SMILES string of the molecule is CCCC(COC)NCc1ccc(OCC#N)cc1. The lowest BCUT2D eigenvalue weighted by Gasteiger charge is -2.17. The van der Waals surface area contributed by atoms with Crippen LogP contribution in [-0.2, 0) is 11.3 Å². The van der Waals surface area contributed by atoms with Crippen LogP contribution in [0.5, 0.6) is 5.75 Å². The van der Waals surface area contributed by atoms with Gasteiger partial charge in [0.25, 0.3) is 0 Å². The first-order valence-electron chi connectivity index (χ1n) is 6.61. The van der Waals surface area contributed by atoms with Crippen molar-refractivity contribution in [1.29, 1.82) is 5.26 Å². The molecule has 4 nitrogen and oxygen atoms in total. The van der Waals surface area contributed by atoms with Gasteiger partial charge in [0.15, 0.2) is 6.61 Å². The van der Waals surface area contributed by atoms with Gasteiger partial charge in [0.2, 0.25) is 0 Å². The van der Waals surface area contributed by atoms with E-state index in [1.807, 2.05) is 30.3 Å². The van der Waals surface area contributed by atoms with E-state index in [1.54, 1.807) is 7.11 Å². The van der Waals surface area contributed by atoms with Gasteiger partial charge in [-0.3, -0.25) is 0 Å². The van der Waals surface area contributed by atoms with E-state index in [0.29, 0.717) is 6.04 Å². The van der Waals surface area contributed by atoms with Crippen LogP contribution in [0.1, 0.15) is 25.3 Å². The molecule has 1 atom stereocenters. The standard InChI is InChI=1S/C15H22N2O2/c1-3-4-14(12-18-2)17-11-13-5-7-15(8-6-13)19-10-9-16/h5-8,14,17H,3-4,10-12H2,1-2H3. The maximum atomic E-state index is 8.43. The lowest BCUT2D eigenvalue weighted by Crippen LogP contribution is -2.32. The Morgan fingerprint density at radius 1 is 1.32 bits per heavy atom. The zero-order valence-corrected chi connectivity index (χ0v) is 11.7. The van der Waals surface area contributed by atoms with E-state index in [0.717, 1.165) is 31.7 Å². The molecule has 1 aromatic carbocycles. The van der Waals surface area contributed by atoms with E-state index in [-0.39, 0.29) is 6.61 Å². The summed E-state index contributed by atoms with van der Waals surface area (Å²) in [4.78, 5) is 0. The number of nitrogens with one attached hydrogen (secondary N) is 1. The van der Waals surface area contributed by atoms with Crippen molar-refractivity contribution in [2.75, 3.05) is 20.3 Å². The van der Waals surface area contributed by atoms with Gasteiger partial charge in [-0.25, -0.2) is 0 Å². The average Bonchev–Trinajstić information content (AvgIpc) is 2.44. The third-order valence-electron chi connectivity index (χ3n) is 2.83. The smallest absolute Gasteiger partial charge is 0.174 e. The van der Waals surface area contributed by atoms with E-state index >= 15 is 0 Å². The lowest BCUT2D eigenvalue weighted by atomic mass is 10.1. The van der Waals surface area contributed by atoms with Crippen LogP contribution in [-0.4, -0.2) is 26.4 Å². The van der Waals surface area contributed by atoms with Gasteiger partial charge in [-0.2, -0.15) is 5.26 Å². The number of hydrogen-bond donors (Lipinski definition) is 1. The molecule has 0 aromatic heterocycles. The molecule has 0 aliphatic heterocycles. The van der Waals surface area contributed by atoms with Crippen molar-refractivity contribution in [1.82, 2.24) is 5.32 Å². The van der Waals surface area contributed by atoms with Gasteiger partial charge in [-0.15, -0.1) is 0 Å². The average molecular weight is 262 g/mol. The van der Waals surface area contributed by atoms with E-state index in [4.69, 9.17) is 14.7 Å². The van der Waals surface area contributed by atoms with Gasteiger partial charge in [0.1, 0.15) is 11.8 Å². The molecule has 0 radical (unpaired) electrons. The summed E-state index contributed by atoms with van der Waals surface area (Å²) >= 11 is 0. The van der Waals surface area contributed by atoms with E-state index in [1.165, 1.54) is 5.56 Å². The Labute approximate surface area is 115 Å². The first-order chi connectivity index (χ1) is 9.30. The number of hydrogen-bond acceptors (Lipinski definition) is 4. The van der Waals surface area contributed by atoms with Gasteiger partial charge in [-0.05, 0) is 24.1 Å². The summed E-state index contributed by atoms with van der Waals surface area (Å²) in [6, 6.07) is 10.1. The fraction of sp³-hybridized carbons (Fsp3) is 0.533. The molecule has 4 heteroatoms. The van der Waals surface area contributed by atoms with Crippen LogP contribution >= 0.6 is 0 Å². The lowest BCUT2D eigenvalue weighted by molar-refractivity contribution is 0.161. The predicted octanol–water partition coefficient (Wildman–Crippen LogP) is 2.49. The molecule has 1 rings (SSSR count). The summed E-state index contributed by atoms with van der Waals surface area (Å²) in [5.41, 5.74) is 1.20. The van der Waals surface area contributed by atoms with Crippen molar-refractivity contribution in [2.24, 2.45) is 0 Å². The van der Waals surface area contributed by atoms with E-state index < -0.39 is 0 Å². The van der Waals surface area contributed by atoms with Gasteiger partial charge in [-0.1, -0.05) is 25.5 Å². The summed E-state index contributed by atoms with van der Waals surface area (Å²) in [5, 5.41) is 11.9. The van der Waals surface area contributed by atoms with Crippen LogP contribution in [0.3, 0.4) is 0 Å². The largest absolute Gasteiger partial charge is 0.479 e. The molecule has 1 N–H and O–H groups in total. The second-order valence-corrected chi connectivity index (χ2v) is 4.41. The number of methoxy groups -OCH3 is 1. The minimum absolute atomic E-state index is 0.0873. The minimum Gasteiger partial charge on any atom is -0.479 e. The highest BCUT2D eigenvalue weighted by Gasteiger charge is 2.06. The summed E-state index contributed by atoms with van der Waals surface area (Å²) in [5.74, 6) is 0.729. The molecule has 104 valence electrons. The monoisotopic (exact) mass is 262 g/mol. The van der Waals surface area contributed by atoms with Crippen LogP contribution < -0.4 is 10.1 Å². The molecule has 0 spiro atoms. The normalized spacial score (nSPS) is 11.8. The zero-order chi connectivity index (χ0) is 13.9. The molecule has 19 heavy (non-hydrogen) atoms. The molecule has 0 fully saturated rings. The highest BCUT2D eigenvalue weighted by atomic mass is 16.5. The molecule has 0 aliphatic carbocycles. The number of ether oxygens (including phenoxy) is 2. The van der Waals surface area contributed by atoms with Crippen LogP contribution in [0.2, 0.25) is 0 Å². The van der Waals surface area contributed by atoms with Gasteiger partial charge in [0.05, 0.1) is 6.61 Å². The maximum Gasteiger partial charge on any atom is 0.174 e. The highest BCUT2D eigenvalue weighted by Crippen LogP contribution is 2.12. The van der Waals surface area contributed by atoms with Crippen molar-refractivity contribution in [3.8, 4) is 11.8 Å². The molecule has 0 saturated carbocycles. The van der Waals surface area contributed by atoms with E-state index in [2.05, 4.69) is 12.2 Å². The third kappa shape index (κ3) is 6.23. The second-order valence-electron chi connectivity index (χ2n) is 4.41. The van der Waals surface area contributed by atoms with Crippen LogP contribution in [0.15, 0.2) is 24.3 Å². The van der Waals surface area contributed by atoms with Crippen molar-refractivity contribution in [3.05, 3.63) is 29.8 Å². The van der Waals surface area contributed by atoms with Crippen molar-refractivity contribution < 1.29 is 9.47 Å². The quantitative estimate of drug-likeness (QED) is 0.743. The van der Waals surface area contributed by atoms with Gasteiger partial charge >= 0.3 is 0 Å². The molecule has 1 unspecified atom stereocenters.